The van der Waals surface area contributed by atoms with Crippen molar-refractivity contribution >= 4 is 12.2 Å². The normalized spacial score (nSPS) is 10.1. The predicted molar refractivity (Wildman–Crippen MR) is 60.2 cm³/mol. The minimum absolute atomic E-state index is 0.0874. The summed E-state index contributed by atoms with van der Waals surface area (Å²) in [5.41, 5.74) is 0. The molecule has 0 saturated carbocycles. The largest absolute Gasteiger partial charge is 0.379 e. The van der Waals surface area contributed by atoms with Gasteiger partial charge < -0.3 is 19.2 Å². The molecule has 0 rings (SSSR count). The van der Waals surface area contributed by atoms with Gasteiger partial charge in [0, 0.05) is 20.0 Å². The molecule has 0 unspecified atom stereocenters. The van der Waals surface area contributed by atoms with Crippen molar-refractivity contribution in [3.63, 3.8) is 0 Å². The second-order valence-electron chi connectivity index (χ2n) is 3.34. The van der Waals surface area contributed by atoms with E-state index in [1.54, 1.807) is 11.9 Å². The molecule has 0 N–H and O–H groups in total. The van der Waals surface area contributed by atoms with Crippen LogP contribution < -0.4 is 0 Å². The summed E-state index contributed by atoms with van der Waals surface area (Å²) in [7, 11) is 1.77. The number of ether oxygens (including phenoxy) is 2. The van der Waals surface area contributed by atoms with E-state index in [1.807, 2.05) is 6.92 Å². The number of aldehydes is 1. The maximum absolute atomic E-state index is 11.3. The van der Waals surface area contributed by atoms with Gasteiger partial charge in [0.1, 0.15) is 6.29 Å². The molecule has 0 bridgehead atoms. The Hall–Kier alpha value is -0.940. The highest BCUT2D eigenvalue weighted by molar-refractivity contribution is 5.75. The van der Waals surface area contributed by atoms with E-state index in [9.17, 15) is 9.59 Å². The molecule has 0 aliphatic carbocycles. The van der Waals surface area contributed by atoms with Gasteiger partial charge in [-0.3, -0.25) is 4.79 Å². The van der Waals surface area contributed by atoms with E-state index in [1.165, 1.54) is 0 Å². The first-order valence-electron chi connectivity index (χ1n) is 5.55. The summed E-state index contributed by atoms with van der Waals surface area (Å²) in [5, 5.41) is 0. The summed E-state index contributed by atoms with van der Waals surface area (Å²) in [5.74, 6) is 0.0874. The van der Waals surface area contributed by atoms with Crippen LogP contribution in [0.5, 0.6) is 0 Å². The Bertz CT molecular complexity index is 196. The fourth-order valence-electron chi connectivity index (χ4n) is 0.980. The summed E-state index contributed by atoms with van der Waals surface area (Å²) >= 11 is 0. The molecule has 5 heteroatoms. The molecule has 0 aliphatic rings. The maximum Gasteiger partial charge on any atom is 0.224 e. The Kier molecular flexibility index (Phi) is 9.95. The first-order chi connectivity index (χ1) is 7.72. The van der Waals surface area contributed by atoms with Crippen molar-refractivity contribution in [2.75, 3.05) is 40.0 Å². The molecule has 0 aromatic rings. The maximum atomic E-state index is 11.3. The zero-order chi connectivity index (χ0) is 12.2. The molecule has 0 fully saturated rings. The minimum atomic E-state index is 0.0874. The molecule has 0 radical (unpaired) electrons. The standard InChI is InChI=1S/C11H21NO4/c1-3-12(2)11(14)5-8-16-10-9-15-7-4-6-13/h6H,3-5,7-10H2,1-2H3. The van der Waals surface area contributed by atoms with Crippen LogP contribution in [0.3, 0.4) is 0 Å². The van der Waals surface area contributed by atoms with Crippen LogP contribution in [0.2, 0.25) is 0 Å². The highest BCUT2D eigenvalue weighted by Crippen LogP contribution is 1.91. The summed E-state index contributed by atoms with van der Waals surface area (Å²) < 4.78 is 10.3. The van der Waals surface area contributed by atoms with Crippen LogP contribution in [0.4, 0.5) is 0 Å². The monoisotopic (exact) mass is 231 g/mol. The second-order valence-corrected chi connectivity index (χ2v) is 3.34. The Morgan fingerprint density at radius 3 is 2.38 bits per heavy atom. The van der Waals surface area contributed by atoms with Gasteiger partial charge in [-0.05, 0) is 6.92 Å². The number of rotatable bonds is 10. The molecule has 0 atom stereocenters. The van der Waals surface area contributed by atoms with Crippen molar-refractivity contribution in [2.24, 2.45) is 0 Å². The van der Waals surface area contributed by atoms with Crippen LogP contribution in [0, 0.1) is 0 Å². The van der Waals surface area contributed by atoms with Crippen LogP contribution >= 0.6 is 0 Å². The lowest BCUT2D eigenvalue weighted by Crippen LogP contribution is -2.27. The van der Waals surface area contributed by atoms with Gasteiger partial charge >= 0.3 is 0 Å². The molecule has 0 aliphatic heterocycles. The Balaban J connectivity index is 3.20. The average molecular weight is 231 g/mol. The topological polar surface area (TPSA) is 55.8 Å². The van der Waals surface area contributed by atoms with Gasteiger partial charge in [0.05, 0.1) is 32.8 Å². The zero-order valence-electron chi connectivity index (χ0n) is 10.1. The van der Waals surface area contributed by atoms with Crippen molar-refractivity contribution in [2.45, 2.75) is 19.8 Å². The highest BCUT2D eigenvalue weighted by Gasteiger charge is 2.05. The fraction of sp³-hybridized carbons (Fsp3) is 0.818. The van der Waals surface area contributed by atoms with E-state index in [4.69, 9.17) is 9.47 Å². The molecule has 94 valence electrons. The molecule has 0 saturated heterocycles. The van der Waals surface area contributed by atoms with E-state index in [2.05, 4.69) is 0 Å². The van der Waals surface area contributed by atoms with Crippen LogP contribution in [-0.4, -0.2) is 57.1 Å². The van der Waals surface area contributed by atoms with Gasteiger partial charge in [0.25, 0.3) is 0 Å². The molecule has 5 nitrogen and oxygen atoms in total. The third-order valence-electron chi connectivity index (χ3n) is 2.11. The Morgan fingerprint density at radius 2 is 1.81 bits per heavy atom. The summed E-state index contributed by atoms with van der Waals surface area (Å²) in [4.78, 5) is 22.9. The molecule has 1 amide bonds. The number of nitrogens with zero attached hydrogens (tertiary/aromatic N) is 1. The lowest BCUT2D eigenvalue weighted by molar-refractivity contribution is -0.131. The number of hydrogen-bond acceptors (Lipinski definition) is 4. The summed E-state index contributed by atoms with van der Waals surface area (Å²) in [6, 6.07) is 0. The second kappa shape index (κ2) is 10.6. The SMILES string of the molecule is CCN(C)C(=O)CCOCCOCCC=O. The van der Waals surface area contributed by atoms with Gasteiger partial charge in [-0.1, -0.05) is 0 Å². The Labute approximate surface area is 96.7 Å². The van der Waals surface area contributed by atoms with Crippen molar-refractivity contribution in [1.29, 1.82) is 0 Å². The smallest absolute Gasteiger partial charge is 0.224 e. The third kappa shape index (κ3) is 8.38. The number of carbonyl (C=O) groups excluding carboxylic acids is 2. The van der Waals surface area contributed by atoms with Gasteiger partial charge in [-0.25, -0.2) is 0 Å². The summed E-state index contributed by atoms with van der Waals surface area (Å²) in [6.45, 7) is 4.42. The minimum Gasteiger partial charge on any atom is -0.379 e. The molecule has 0 aromatic heterocycles. The first-order valence-corrected chi connectivity index (χ1v) is 5.55. The van der Waals surface area contributed by atoms with Crippen LogP contribution in [-0.2, 0) is 19.1 Å². The van der Waals surface area contributed by atoms with Crippen molar-refractivity contribution in [1.82, 2.24) is 4.90 Å². The number of hydrogen-bond donors (Lipinski definition) is 0. The van der Waals surface area contributed by atoms with Gasteiger partial charge in [0.2, 0.25) is 5.91 Å². The molecule has 0 heterocycles. The van der Waals surface area contributed by atoms with Crippen molar-refractivity contribution < 1.29 is 19.1 Å². The molecule has 16 heavy (non-hydrogen) atoms. The number of amides is 1. The predicted octanol–water partition coefficient (Wildman–Crippen LogP) is 0.477. The van der Waals surface area contributed by atoms with Crippen LogP contribution in [0.15, 0.2) is 0 Å². The van der Waals surface area contributed by atoms with Crippen LogP contribution in [0.1, 0.15) is 19.8 Å². The van der Waals surface area contributed by atoms with E-state index in [0.29, 0.717) is 45.8 Å². The van der Waals surface area contributed by atoms with Crippen molar-refractivity contribution in [3.8, 4) is 0 Å². The van der Waals surface area contributed by atoms with E-state index in [0.717, 1.165) is 6.29 Å². The third-order valence-corrected chi connectivity index (χ3v) is 2.11. The first kappa shape index (κ1) is 15.1. The lowest BCUT2D eigenvalue weighted by atomic mass is 10.4. The van der Waals surface area contributed by atoms with Gasteiger partial charge in [0.15, 0.2) is 0 Å². The molecular weight excluding hydrogens is 210 g/mol. The fourth-order valence-corrected chi connectivity index (χ4v) is 0.980. The average Bonchev–Trinajstić information content (AvgIpc) is 2.31. The van der Waals surface area contributed by atoms with Crippen molar-refractivity contribution in [3.05, 3.63) is 0 Å². The highest BCUT2D eigenvalue weighted by atomic mass is 16.5. The molecule has 0 spiro atoms. The quantitative estimate of drug-likeness (QED) is 0.405. The van der Waals surface area contributed by atoms with Crippen LogP contribution in [0.25, 0.3) is 0 Å². The van der Waals surface area contributed by atoms with Gasteiger partial charge in [-0.15, -0.1) is 0 Å². The van der Waals surface area contributed by atoms with E-state index >= 15 is 0 Å². The Morgan fingerprint density at radius 1 is 1.19 bits per heavy atom. The van der Waals surface area contributed by atoms with E-state index < -0.39 is 0 Å². The lowest BCUT2D eigenvalue weighted by Gasteiger charge is -2.14. The number of carbonyl (C=O) groups is 2. The van der Waals surface area contributed by atoms with E-state index in [-0.39, 0.29) is 5.91 Å². The molecular formula is C11H21NO4. The summed E-state index contributed by atoms with van der Waals surface area (Å²) in [6.07, 6.45) is 1.64. The zero-order valence-corrected chi connectivity index (χ0v) is 10.1. The molecule has 0 aromatic carbocycles. The van der Waals surface area contributed by atoms with Gasteiger partial charge in [-0.2, -0.15) is 0 Å².